The van der Waals surface area contributed by atoms with E-state index in [1.807, 2.05) is 19.2 Å². The Labute approximate surface area is 154 Å². The molecule has 7 heteroatoms. The number of benzene rings is 1. The smallest absolute Gasteiger partial charge is 0.193 e. The number of likely N-dealkylation sites (tertiary alicyclic amines) is 1. The zero-order valence-electron chi connectivity index (χ0n) is 15.8. The van der Waals surface area contributed by atoms with Gasteiger partial charge in [-0.1, -0.05) is 17.7 Å². The number of guanidine groups is 1. The number of nitrogens with zero attached hydrogens (tertiary/aromatic N) is 4. The van der Waals surface area contributed by atoms with Gasteiger partial charge in [0.05, 0.1) is 6.54 Å². The summed E-state index contributed by atoms with van der Waals surface area (Å²) in [6.45, 7) is 6.76. The number of nitrogens with one attached hydrogen (secondary N) is 2. The Balaban J connectivity index is 1.45. The van der Waals surface area contributed by atoms with E-state index in [2.05, 4.69) is 56.4 Å². The molecule has 1 saturated heterocycles. The van der Waals surface area contributed by atoms with Crippen molar-refractivity contribution in [1.29, 1.82) is 0 Å². The molecule has 1 atom stereocenters. The van der Waals surface area contributed by atoms with Gasteiger partial charge in [0.25, 0.3) is 0 Å². The Hall–Kier alpha value is -2.57. The van der Waals surface area contributed by atoms with Crippen LogP contribution in [0.25, 0.3) is 0 Å². The van der Waals surface area contributed by atoms with Gasteiger partial charge in [0, 0.05) is 26.1 Å². The van der Waals surface area contributed by atoms with Crippen LogP contribution in [0.15, 0.2) is 35.6 Å². The second-order valence-corrected chi connectivity index (χ2v) is 6.80. The molecule has 0 spiro atoms. The zero-order valence-corrected chi connectivity index (χ0v) is 15.8. The topological polar surface area (TPSA) is 78.4 Å². The molecule has 1 aliphatic heterocycles. The third-order valence-electron chi connectivity index (χ3n) is 4.73. The van der Waals surface area contributed by atoms with Crippen LogP contribution in [0.4, 0.5) is 0 Å². The fourth-order valence-electron chi connectivity index (χ4n) is 3.23. The number of aliphatic imine (C=N–C) groups is 1. The number of aryl methyl sites for hydroxylation is 1. The van der Waals surface area contributed by atoms with Crippen molar-refractivity contribution in [2.75, 3.05) is 26.7 Å². The molecule has 2 N–H and O–H groups in total. The van der Waals surface area contributed by atoms with E-state index in [0.29, 0.717) is 12.5 Å². The molecule has 26 heavy (non-hydrogen) atoms. The van der Waals surface area contributed by atoms with Gasteiger partial charge in [-0.05, 0) is 38.8 Å². The molecule has 1 unspecified atom stereocenters. The monoisotopic (exact) mass is 356 g/mol. The van der Waals surface area contributed by atoms with E-state index in [9.17, 15) is 0 Å². The van der Waals surface area contributed by atoms with Crippen molar-refractivity contribution in [3.05, 3.63) is 42.0 Å². The number of rotatable bonds is 5. The molecule has 2 aromatic rings. The summed E-state index contributed by atoms with van der Waals surface area (Å²) in [6.07, 6.45) is 3.73. The molecule has 0 radical (unpaired) electrons. The lowest BCUT2D eigenvalue weighted by molar-refractivity contribution is 0.220. The van der Waals surface area contributed by atoms with Gasteiger partial charge >= 0.3 is 0 Å². The standard InChI is InChI=1S/C19H28N6O/c1-14-4-6-17(7-5-14)26-15(2)12-21-19(20-3)25-10-8-16(9-11-25)18-22-13-23-24-18/h4-7,13,15-16H,8-12H2,1-3H3,(H,20,21)(H,22,23,24). The van der Waals surface area contributed by atoms with Crippen LogP contribution in [0.3, 0.4) is 0 Å². The van der Waals surface area contributed by atoms with E-state index >= 15 is 0 Å². The van der Waals surface area contributed by atoms with Gasteiger partial charge in [0.2, 0.25) is 0 Å². The molecule has 3 rings (SSSR count). The maximum atomic E-state index is 5.96. The first-order valence-corrected chi connectivity index (χ1v) is 9.20. The van der Waals surface area contributed by atoms with Crippen molar-refractivity contribution in [3.8, 4) is 5.75 Å². The minimum Gasteiger partial charge on any atom is -0.489 e. The maximum Gasteiger partial charge on any atom is 0.193 e. The SMILES string of the molecule is CN=C(NCC(C)Oc1ccc(C)cc1)N1CCC(c2ncn[nH]2)CC1. The van der Waals surface area contributed by atoms with Crippen molar-refractivity contribution in [3.63, 3.8) is 0 Å². The van der Waals surface area contributed by atoms with Crippen LogP contribution in [0.2, 0.25) is 0 Å². The molecule has 1 aliphatic rings. The number of hydrogen-bond donors (Lipinski definition) is 2. The van der Waals surface area contributed by atoms with Crippen LogP contribution in [0, 0.1) is 6.92 Å². The number of piperidine rings is 1. The van der Waals surface area contributed by atoms with Gasteiger partial charge in [-0.2, -0.15) is 5.10 Å². The predicted molar refractivity (Wildman–Crippen MR) is 103 cm³/mol. The summed E-state index contributed by atoms with van der Waals surface area (Å²) in [5.74, 6) is 3.27. The Morgan fingerprint density at radius 2 is 2.08 bits per heavy atom. The first-order chi connectivity index (χ1) is 12.7. The highest BCUT2D eigenvalue weighted by atomic mass is 16.5. The molecule has 2 heterocycles. The normalized spacial score (nSPS) is 17.2. The highest BCUT2D eigenvalue weighted by molar-refractivity contribution is 5.80. The predicted octanol–water partition coefficient (Wildman–Crippen LogP) is 2.34. The molecule has 0 amide bonds. The average molecular weight is 356 g/mol. The van der Waals surface area contributed by atoms with Gasteiger partial charge in [-0.15, -0.1) is 0 Å². The molecule has 7 nitrogen and oxygen atoms in total. The van der Waals surface area contributed by atoms with Gasteiger partial charge < -0.3 is 15.0 Å². The van der Waals surface area contributed by atoms with E-state index < -0.39 is 0 Å². The summed E-state index contributed by atoms with van der Waals surface area (Å²) in [4.78, 5) is 11.0. The molecule has 1 aromatic heterocycles. The van der Waals surface area contributed by atoms with Crippen LogP contribution < -0.4 is 10.1 Å². The Bertz CT molecular complexity index is 689. The molecule has 0 saturated carbocycles. The van der Waals surface area contributed by atoms with E-state index in [1.54, 1.807) is 6.33 Å². The van der Waals surface area contributed by atoms with Crippen molar-refractivity contribution >= 4 is 5.96 Å². The van der Waals surface area contributed by atoms with E-state index in [0.717, 1.165) is 43.5 Å². The Morgan fingerprint density at radius 3 is 2.69 bits per heavy atom. The highest BCUT2D eigenvalue weighted by Gasteiger charge is 2.24. The lowest BCUT2D eigenvalue weighted by Gasteiger charge is -2.33. The minimum atomic E-state index is 0.0567. The molecule has 1 fully saturated rings. The number of aromatic nitrogens is 3. The molecule has 140 valence electrons. The second-order valence-electron chi connectivity index (χ2n) is 6.80. The lowest BCUT2D eigenvalue weighted by atomic mass is 9.96. The summed E-state index contributed by atoms with van der Waals surface area (Å²) in [5, 5.41) is 10.4. The van der Waals surface area contributed by atoms with Crippen molar-refractivity contribution in [2.45, 2.75) is 38.7 Å². The summed E-state index contributed by atoms with van der Waals surface area (Å²) in [7, 11) is 1.83. The maximum absolute atomic E-state index is 5.96. The molecular formula is C19H28N6O. The zero-order chi connectivity index (χ0) is 18.4. The van der Waals surface area contributed by atoms with Crippen molar-refractivity contribution in [1.82, 2.24) is 25.4 Å². The largest absolute Gasteiger partial charge is 0.489 e. The number of aromatic amines is 1. The summed E-state index contributed by atoms with van der Waals surface area (Å²) >= 11 is 0. The van der Waals surface area contributed by atoms with Crippen LogP contribution in [-0.2, 0) is 0 Å². The summed E-state index contributed by atoms with van der Waals surface area (Å²) in [5.41, 5.74) is 1.23. The van der Waals surface area contributed by atoms with Gasteiger partial charge in [0.1, 0.15) is 24.0 Å². The van der Waals surface area contributed by atoms with Crippen molar-refractivity contribution < 1.29 is 4.74 Å². The lowest BCUT2D eigenvalue weighted by Crippen LogP contribution is -2.47. The fourth-order valence-corrected chi connectivity index (χ4v) is 3.23. The van der Waals surface area contributed by atoms with E-state index in [1.165, 1.54) is 5.56 Å². The van der Waals surface area contributed by atoms with Gasteiger partial charge in [0.15, 0.2) is 5.96 Å². The van der Waals surface area contributed by atoms with Gasteiger partial charge in [-0.25, -0.2) is 4.98 Å². The molecule has 1 aromatic carbocycles. The first kappa shape index (κ1) is 18.2. The summed E-state index contributed by atoms with van der Waals surface area (Å²) < 4.78 is 5.96. The van der Waals surface area contributed by atoms with Crippen LogP contribution in [0.1, 0.15) is 37.1 Å². The minimum absolute atomic E-state index is 0.0567. The Kier molecular flexibility index (Phi) is 6.09. The molecule has 0 aliphatic carbocycles. The van der Waals surface area contributed by atoms with Crippen LogP contribution in [0.5, 0.6) is 5.75 Å². The van der Waals surface area contributed by atoms with E-state index in [4.69, 9.17) is 4.74 Å². The first-order valence-electron chi connectivity index (χ1n) is 9.20. The Morgan fingerprint density at radius 1 is 1.35 bits per heavy atom. The molecular weight excluding hydrogens is 328 g/mol. The second kappa shape index (κ2) is 8.69. The number of H-pyrrole nitrogens is 1. The fraction of sp³-hybridized carbons (Fsp3) is 0.526. The van der Waals surface area contributed by atoms with Crippen molar-refractivity contribution in [2.24, 2.45) is 4.99 Å². The third kappa shape index (κ3) is 4.74. The van der Waals surface area contributed by atoms with Crippen LogP contribution in [-0.4, -0.2) is 58.8 Å². The molecule has 0 bridgehead atoms. The highest BCUT2D eigenvalue weighted by Crippen LogP contribution is 2.24. The third-order valence-corrected chi connectivity index (χ3v) is 4.73. The number of ether oxygens (including phenoxy) is 1. The number of hydrogen-bond acceptors (Lipinski definition) is 4. The average Bonchev–Trinajstić information content (AvgIpc) is 3.19. The summed E-state index contributed by atoms with van der Waals surface area (Å²) in [6, 6.07) is 8.14. The van der Waals surface area contributed by atoms with Gasteiger partial charge in [-0.3, -0.25) is 10.1 Å². The van der Waals surface area contributed by atoms with E-state index in [-0.39, 0.29) is 6.10 Å². The quantitative estimate of drug-likeness (QED) is 0.635. The van der Waals surface area contributed by atoms with Crippen LogP contribution >= 0.6 is 0 Å².